The van der Waals surface area contributed by atoms with Crippen molar-refractivity contribution in [3.63, 3.8) is 0 Å². The summed E-state index contributed by atoms with van der Waals surface area (Å²) in [6.07, 6.45) is -0.462. The maximum Gasteiger partial charge on any atom is 0.421 e. The summed E-state index contributed by atoms with van der Waals surface area (Å²) in [6.45, 7) is 10.9. The van der Waals surface area contributed by atoms with Crippen molar-refractivity contribution in [3.05, 3.63) is 47.2 Å². The summed E-state index contributed by atoms with van der Waals surface area (Å²) in [6, 6.07) is 4.44. The molecule has 0 spiro atoms. The van der Waals surface area contributed by atoms with E-state index >= 15 is 0 Å². The number of ketones is 1. The average molecular weight is 551 g/mol. The van der Waals surface area contributed by atoms with Crippen molar-refractivity contribution in [2.75, 3.05) is 12.0 Å². The van der Waals surface area contributed by atoms with E-state index in [9.17, 15) is 27.6 Å². The highest BCUT2D eigenvalue weighted by Gasteiger charge is 2.37. The van der Waals surface area contributed by atoms with Crippen LogP contribution >= 0.6 is 0 Å². The molecule has 0 saturated heterocycles. The van der Waals surface area contributed by atoms with Gasteiger partial charge in [0.25, 0.3) is 0 Å². The van der Waals surface area contributed by atoms with Crippen LogP contribution in [0.25, 0.3) is 0 Å². The Balaban J connectivity index is 0.00000260. The van der Waals surface area contributed by atoms with E-state index < -0.39 is 29.4 Å². The molecule has 214 valence electrons. The highest BCUT2D eigenvalue weighted by atomic mass is 19.4. The number of carbonyl (C=O) groups is 3. The largest absolute Gasteiger partial charge is 0.465 e. The van der Waals surface area contributed by atoms with E-state index in [4.69, 9.17) is 9.47 Å². The zero-order valence-corrected chi connectivity index (χ0v) is 23.5. The molecule has 1 fully saturated rings. The van der Waals surface area contributed by atoms with Crippen molar-refractivity contribution in [1.29, 1.82) is 0 Å². The maximum absolute atomic E-state index is 13.7. The monoisotopic (exact) mass is 550 g/mol. The molecule has 7 nitrogen and oxygen atoms in total. The molecule has 39 heavy (non-hydrogen) atoms. The molecule has 1 amide bonds. The van der Waals surface area contributed by atoms with Gasteiger partial charge in [0.1, 0.15) is 11.3 Å². The summed E-state index contributed by atoms with van der Waals surface area (Å²) in [5, 5.41) is 0. The molecule has 3 rings (SSSR count). The van der Waals surface area contributed by atoms with Crippen LogP contribution in [0.5, 0.6) is 11.6 Å². The standard InChI is InChI=1S/C27H31F3N2O5.C2H6/c1-15(2)32(25(34)18-8-6-16(3)7-9-18)23-11-10-20(13-21(23)26(35)36-5)37-24-22(27(28,29)30)12-19(14-31-24)17(4)33;1-2/h10-16,18H,6-9H2,1-5H3;1-2H3. The minimum absolute atomic E-state index is 0.0276. The van der Waals surface area contributed by atoms with Gasteiger partial charge in [-0.25, -0.2) is 9.78 Å². The minimum atomic E-state index is -4.84. The van der Waals surface area contributed by atoms with Gasteiger partial charge in [-0.2, -0.15) is 13.2 Å². The number of amides is 1. The number of anilines is 1. The van der Waals surface area contributed by atoms with Crippen molar-refractivity contribution in [2.45, 2.75) is 79.4 Å². The van der Waals surface area contributed by atoms with Gasteiger partial charge in [0.05, 0.1) is 18.4 Å². The van der Waals surface area contributed by atoms with E-state index in [0.29, 0.717) is 12.0 Å². The maximum atomic E-state index is 13.7. The molecule has 1 aromatic carbocycles. The SMILES string of the molecule is CC.COC(=O)c1cc(Oc2ncc(C(C)=O)cc2C(F)(F)F)ccc1N(C(=O)C1CCC(C)CC1)C(C)C. The zero-order valence-electron chi connectivity index (χ0n) is 23.5. The number of halogens is 3. The number of carbonyl (C=O) groups excluding carboxylic acids is 3. The number of pyridine rings is 1. The Morgan fingerprint density at radius 1 is 1.05 bits per heavy atom. The average Bonchev–Trinajstić information content (AvgIpc) is 2.89. The number of nitrogens with zero attached hydrogens (tertiary/aromatic N) is 2. The topological polar surface area (TPSA) is 85.8 Å². The fourth-order valence-corrected chi connectivity index (χ4v) is 4.46. The molecule has 1 aliphatic rings. The number of alkyl halides is 3. The van der Waals surface area contributed by atoms with Crippen LogP contribution in [-0.2, 0) is 15.7 Å². The predicted octanol–water partition coefficient (Wildman–Crippen LogP) is 7.48. The molecule has 0 radical (unpaired) electrons. The van der Waals surface area contributed by atoms with E-state index in [-0.39, 0.29) is 40.4 Å². The molecule has 1 aliphatic carbocycles. The van der Waals surface area contributed by atoms with Crippen molar-refractivity contribution in [1.82, 2.24) is 4.98 Å². The number of rotatable bonds is 7. The van der Waals surface area contributed by atoms with E-state index in [0.717, 1.165) is 38.8 Å². The lowest BCUT2D eigenvalue weighted by Crippen LogP contribution is -2.43. The van der Waals surface area contributed by atoms with Crippen LogP contribution in [0.15, 0.2) is 30.5 Å². The second-order valence-electron chi connectivity index (χ2n) is 9.66. The number of benzene rings is 1. The van der Waals surface area contributed by atoms with Crippen LogP contribution in [0.2, 0.25) is 0 Å². The first-order chi connectivity index (χ1) is 18.3. The Morgan fingerprint density at radius 3 is 2.18 bits per heavy atom. The smallest absolute Gasteiger partial charge is 0.421 e. The van der Waals surface area contributed by atoms with Gasteiger partial charge in [-0.3, -0.25) is 9.59 Å². The normalized spacial score (nSPS) is 17.1. The van der Waals surface area contributed by atoms with Crippen LogP contribution in [-0.4, -0.2) is 35.8 Å². The van der Waals surface area contributed by atoms with Crippen LogP contribution < -0.4 is 9.64 Å². The number of hydrogen-bond donors (Lipinski definition) is 0. The first-order valence-electron chi connectivity index (χ1n) is 13.1. The minimum Gasteiger partial charge on any atom is -0.465 e. The third-order valence-corrected chi connectivity index (χ3v) is 6.53. The van der Waals surface area contributed by atoms with Gasteiger partial charge < -0.3 is 14.4 Å². The molecular formula is C29H37F3N2O5. The molecule has 0 unspecified atom stereocenters. The van der Waals surface area contributed by atoms with E-state index in [1.165, 1.54) is 30.2 Å². The van der Waals surface area contributed by atoms with Crippen LogP contribution in [0.3, 0.4) is 0 Å². The van der Waals surface area contributed by atoms with Crippen molar-refractivity contribution >= 4 is 23.3 Å². The highest BCUT2D eigenvalue weighted by Crippen LogP contribution is 2.39. The molecular weight excluding hydrogens is 513 g/mol. The van der Waals surface area contributed by atoms with Gasteiger partial charge in [0.15, 0.2) is 5.78 Å². The Bertz CT molecular complexity index is 1170. The zero-order chi connectivity index (χ0) is 29.5. The Hall–Kier alpha value is -3.43. The summed E-state index contributed by atoms with van der Waals surface area (Å²) in [5.41, 5.74) is -1.18. The fraction of sp³-hybridized carbons (Fsp3) is 0.517. The summed E-state index contributed by atoms with van der Waals surface area (Å²) >= 11 is 0. The van der Waals surface area contributed by atoms with E-state index in [2.05, 4.69) is 11.9 Å². The number of ether oxygens (including phenoxy) is 2. The number of hydrogen-bond acceptors (Lipinski definition) is 6. The van der Waals surface area contributed by atoms with Crippen molar-refractivity contribution in [2.24, 2.45) is 11.8 Å². The summed E-state index contributed by atoms with van der Waals surface area (Å²) in [7, 11) is 1.17. The number of esters is 1. The van der Waals surface area contributed by atoms with Gasteiger partial charge in [-0.05, 0) is 76.6 Å². The van der Waals surface area contributed by atoms with Gasteiger partial charge >= 0.3 is 12.1 Å². The molecule has 1 saturated carbocycles. The molecule has 1 heterocycles. The molecule has 0 N–H and O–H groups in total. The van der Waals surface area contributed by atoms with Crippen molar-refractivity contribution < 1.29 is 37.0 Å². The molecule has 1 aromatic heterocycles. The second-order valence-corrected chi connectivity index (χ2v) is 9.66. The van der Waals surface area contributed by atoms with Crippen LogP contribution in [0.1, 0.15) is 93.5 Å². The summed E-state index contributed by atoms with van der Waals surface area (Å²) in [5.74, 6) is -1.97. The summed E-state index contributed by atoms with van der Waals surface area (Å²) < 4.78 is 51.3. The molecule has 0 atom stereocenters. The van der Waals surface area contributed by atoms with Crippen LogP contribution in [0, 0.1) is 11.8 Å². The number of aromatic nitrogens is 1. The first-order valence-corrected chi connectivity index (χ1v) is 13.1. The summed E-state index contributed by atoms with van der Waals surface area (Å²) in [4.78, 5) is 43.0. The van der Waals surface area contributed by atoms with Crippen molar-refractivity contribution in [3.8, 4) is 11.6 Å². The lowest BCUT2D eigenvalue weighted by atomic mass is 9.82. The number of Topliss-reactive ketones (excluding diaryl/α,β-unsaturated/α-hetero) is 1. The van der Waals surface area contributed by atoms with Gasteiger partial charge in [0, 0.05) is 23.7 Å². The Labute approximate surface area is 227 Å². The molecule has 0 bridgehead atoms. The van der Waals surface area contributed by atoms with E-state index in [1.54, 1.807) is 0 Å². The highest BCUT2D eigenvalue weighted by molar-refractivity contribution is 6.04. The third kappa shape index (κ3) is 7.80. The molecule has 10 heteroatoms. The van der Waals surface area contributed by atoms with Gasteiger partial charge in [0.2, 0.25) is 11.8 Å². The Kier molecular flexibility index (Phi) is 11.1. The Morgan fingerprint density at radius 2 is 1.67 bits per heavy atom. The lowest BCUT2D eigenvalue weighted by molar-refractivity contribution is -0.139. The quantitative estimate of drug-likeness (QED) is 0.263. The molecule has 2 aromatic rings. The van der Waals surface area contributed by atoms with Gasteiger partial charge in [-0.15, -0.1) is 0 Å². The predicted molar refractivity (Wildman–Crippen MR) is 142 cm³/mol. The van der Waals surface area contributed by atoms with E-state index in [1.807, 2.05) is 27.7 Å². The second kappa shape index (κ2) is 13.6. The first kappa shape index (κ1) is 31.8. The van der Waals surface area contributed by atoms with Gasteiger partial charge in [-0.1, -0.05) is 20.8 Å². The molecule has 0 aliphatic heterocycles. The number of methoxy groups -OCH3 is 1. The third-order valence-electron chi connectivity index (χ3n) is 6.53. The van der Waals surface area contributed by atoms with Crippen LogP contribution in [0.4, 0.5) is 18.9 Å². The lowest BCUT2D eigenvalue weighted by Gasteiger charge is -2.34. The fourth-order valence-electron chi connectivity index (χ4n) is 4.46.